The number of hydrogen-bond donors (Lipinski definition) is 0. The van der Waals surface area contributed by atoms with Crippen LogP contribution in [0.1, 0.15) is 42.0 Å². The Morgan fingerprint density at radius 2 is 2.06 bits per heavy atom. The van der Waals surface area contributed by atoms with E-state index in [1.807, 2.05) is 0 Å². The Morgan fingerprint density at radius 3 is 2.56 bits per heavy atom. The van der Waals surface area contributed by atoms with Gasteiger partial charge >= 0.3 is 112 Å². The zero-order valence-electron chi connectivity index (χ0n) is 11.5. The van der Waals surface area contributed by atoms with E-state index >= 15 is 0 Å². The molecule has 2 rings (SSSR count). The first-order valence-corrected chi connectivity index (χ1v) is 16.5. The summed E-state index contributed by atoms with van der Waals surface area (Å²) in [5.41, 5.74) is 1.04. The van der Waals surface area contributed by atoms with Crippen LogP contribution in [0.3, 0.4) is 0 Å². The third-order valence-corrected chi connectivity index (χ3v) is 8.09. The zero-order valence-corrected chi connectivity index (χ0v) is 14.3. The number of carbonyl (C=O) groups excluding carboxylic acids is 1. The Bertz CT molecular complexity index is 465. The first-order valence-electron chi connectivity index (χ1n) is 6.48. The van der Waals surface area contributed by atoms with Gasteiger partial charge in [-0.3, -0.25) is 0 Å². The molecule has 0 N–H and O–H groups in total. The van der Waals surface area contributed by atoms with Gasteiger partial charge in [0.15, 0.2) is 0 Å². The minimum atomic E-state index is -2.29. The van der Waals surface area contributed by atoms with E-state index in [2.05, 4.69) is 30.9 Å². The summed E-state index contributed by atoms with van der Waals surface area (Å²) in [5, 5.41) is 0. The molecule has 0 radical (unpaired) electrons. The Kier molecular flexibility index (Phi) is 3.94. The molecule has 0 bridgehead atoms. The molecule has 0 spiro atoms. The van der Waals surface area contributed by atoms with Crippen molar-refractivity contribution >= 4 is 28.1 Å². The van der Waals surface area contributed by atoms with Gasteiger partial charge in [0.05, 0.1) is 0 Å². The summed E-state index contributed by atoms with van der Waals surface area (Å²) >= 11 is -2.29. The van der Waals surface area contributed by atoms with Crippen molar-refractivity contribution in [3.05, 3.63) is 17.6 Å². The first kappa shape index (κ1) is 13.8. The van der Waals surface area contributed by atoms with E-state index in [9.17, 15) is 4.79 Å². The first-order chi connectivity index (χ1) is 8.41. The van der Waals surface area contributed by atoms with E-state index in [4.69, 9.17) is 4.74 Å². The molecule has 1 aromatic rings. The van der Waals surface area contributed by atoms with Gasteiger partial charge in [0.2, 0.25) is 0 Å². The van der Waals surface area contributed by atoms with Gasteiger partial charge in [-0.2, -0.15) is 0 Å². The maximum absolute atomic E-state index is 11.8. The predicted molar refractivity (Wildman–Crippen MR) is 72.9 cm³/mol. The molecule has 1 aliphatic carbocycles. The third-order valence-electron chi connectivity index (χ3n) is 2.97. The van der Waals surface area contributed by atoms with Gasteiger partial charge in [0, 0.05) is 0 Å². The molecule has 4 nitrogen and oxygen atoms in total. The van der Waals surface area contributed by atoms with Gasteiger partial charge in [-0.15, -0.1) is 0 Å². The molecule has 18 heavy (non-hydrogen) atoms. The summed E-state index contributed by atoms with van der Waals surface area (Å²) in [6, 6.07) is 2.12. The molecule has 5 heteroatoms. The number of nitrogens with zero attached hydrogens (tertiary/aromatic N) is 2. The molecular formula is C13H20N2O2Sn. The fourth-order valence-corrected chi connectivity index (χ4v) is 4.64. The van der Waals surface area contributed by atoms with Crippen molar-refractivity contribution in [2.75, 3.05) is 6.61 Å². The standard InChI is InChI=1S/C10H11N2O2.3CH3.Sn/c1-2-14-10(13)9-11-6-5-8(12-9)7-3-4-7;;;;/h5,7H,2-4H2,1H3;3*1H3;. The monoisotopic (exact) mass is 356 g/mol. The van der Waals surface area contributed by atoms with Crippen LogP contribution in [0.25, 0.3) is 0 Å². The number of rotatable bonds is 4. The van der Waals surface area contributed by atoms with Crippen LogP contribution in [0.4, 0.5) is 0 Å². The SMILES string of the molecule is CCOC(=O)c1nc(C2CC2)c[c]([Sn]([CH3])([CH3])[CH3])n1. The molecule has 0 aromatic carbocycles. The van der Waals surface area contributed by atoms with Gasteiger partial charge in [0.25, 0.3) is 0 Å². The number of carbonyl (C=O) groups is 1. The average molecular weight is 355 g/mol. The normalized spacial score (nSPS) is 15.6. The van der Waals surface area contributed by atoms with E-state index < -0.39 is 24.3 Å². The summed E-state index contributed by atoms with van der Waals surface area (Å²) in [4.78, 5) is 27.5. The Hall–Kier alpha value is -0.651. The van der Waals surface area contributed by atoms with Crippen molar-refractivity contribution in [3.8, 4) is 0 Å². The molecule has 0 atom stereocenters. The molecule has 98 valence electrons. The molecule has 0 unspecified atom stereocenters. The Balaban J connectivity index is 2.39. The Morgan fingerprint density at radius 1 is 1.39 bits per heavy atom. The van der Waals surface area contributed by atoms with Crippen molar-refractivity contribution < 1.29 is 9.53 Å². The molecule has 0 aliphatic heterocycles. The molecule has 0 amide bonds. The van der Waals surface area contributed by atoms with Crippen molar-refractivity contribution in [2.45, 2.75) is 40.5 Å². The maximum atomic E-state index is 11.8. The topological polar surface area (TPSA) is 52.1 Å². The number of ether oxygens (including phenoxy) is 1. The minimum absolute atomic E-state index is 0.253. The summed E-state index contributed by atoms with van der Waals surface area (Å²) in [5.74, 6) is 0.397. The van der Waals surface area contributed by atoms with Crippen LogP contribution in [0.5, 0.6) is 0 Å². The fourth-order valence-electron chi connectivity index (χ4n) is 1.73. The molecule has 1 saturated carbocycles. The Labute approximate surface area is 112 Å². The van der Waals surface area contributed by atoms with Crippen molar-refractivity contribution in [1.82, 2.24) is 9.97 Å². The van der Waals surface area contributed by atoms with Crippen LogP contribution in [-0.4, -0.2) is 40.9 Å². The average Bonchev–Trinajstić information content (AvgIpc) is 3.11. The van der Waals surface area contributed by atoms with E-state index in [0.29, 0.717) is 12.5 Å². The van der Waals surface area contributed by atoms with Gasteiger partial charge in [-0.1, -0.05) is 0 Å². The number of hydrogen-bond acceptors (Lipinski definition) is 4. The molecule has 1 aliphatic rings. The van der Waals surface area contributed by atoms with Crippen LogP contribution in [0.2, 0.25) is 14.8 Å². The van der Waals surface area contributed by atoms with Crippen LogP contribution in [0.15, 0.2) is 6.07 Å². The van der Waals surface area contributed by atoms with Gasteiger partial charge in [-0.05, 0) is 0 Å². The second-order valence-corrected chi connectivity index (χ2v) is 20.1. The van der Waals surface area contributed by atoms with E-state index in [1.54, 1.807) is 6.92 Å². The van der Waals surface area contributed by atoms with E-state index in [1.165, 1.54) is 12.8 Å². The third kappa shape index (κ3) is 3.22. The molecule has 1 fully saturated rings. The van der Waals surface area contributed by atoms with Crippen molar-refractivity contribution in [2.24, 2.45) is 0 Å². The van der Waals surface area contributed by atoms with Crippen molar-refractivity contribution in [1.29, 1.82) is 0 Å². The summed E-state index contributed by atoms with van der Waals surface area (Å²) in [6.07, 6.45) is 2.36. The fraction of sp³-hybridized carbons (Fsp3) is 0.615. The van der Waals surface area contributed by atoms with Crippen molar-refractivity contribution in [3.63, 3.8) is 0 Å². The quantitative estimate of drug-likeness (QED) is 0.613. The number of aromatic nitrogens is 2. The second-order valence-electron chi connectivity index (χ2n) is 5.75. The van der Waals surface area contributed by atoms with E-state index in [0.717, 1.165) is 9.40 Å². The summed E-state index contributed by atoms with van der Waals surface area (Å²) < 4.78 is 6.13. The zero-order chi connectivity index (χ0) is 13.3. The molecule has 0 saturated heterocycles. The van der Waals surface area contributed by atoms with Crippen LogP contribution >= 0.6 is 0 Å². The molecular weight excluding hydrogens is 335 g/mol. The van der Waals surface area contributed by atoms with Gasteiger partial charge in [0.1, 0.15) is 0 Å². The predicted octanol–water partition coefficient (Wildman–Crippen LogP) is 2.08. The molecule has 1 heterocycles. The number of esters is 1. The van der Waals surface area contributed by atoms with E-state index in [-0.39, 0.29) is 5.82 Å². The second kappa shape index (κ2) is 5.15. The summed E-state index contributed by atoms with van der Waals surface area (Å²) in [6.45, 7) is 2.16. The van der Waals surface area contributed by atoms with Crippen LogP contribution in [-0.2, 0) is 4.74 Å². The summed E-state index contributed by atoms with van der Waals surface area (Å²) in [7, 11) is 0. The van der Waals surface area contributed by atoms with Crippen LogP contribution in [0, 0.1) is 0 Å². The molecule has 1 aromatic heterocycles. The van der Waals surface area contributed by atoms with Gasteiger partial charge in [-0.25, -0.2) is 0 Å². The van der Waals surface area contributed by atoms with Gasteiger partial charge < -0.3 is 0 Å². The van der Waals surface area contributed by atoms with Crippen LogP contribution < -0.4 is 3.71 Å².